The van der Waals surface area contributed by atoms with E-state index in [9.17, 15) is 4.79 Å². The van der Waals surface area contributed by atoms with Crippen LogP contribution in [0.2, 0.25) is 0 Å². The van der Waals surface area contributed by atoms with Crippen molar-refractivity contribution in [3.05, 3.63) is 66.0 Å². The van der Waals surface area contributed by atoms with Gasteiger partial charge in [-0.15, -0.1) is 0 Å². The van der Waals surface area contributed by atoms with Crippen molar-refractivity contribution in [3.8, 4) is 0 Å². The first-order chi connectivity index (χ1) is 13.3. The molecule has 0 atom stereocenters. The number of carbonyl (C=O) groups is 1. The number of hydrogen-bond donors (Lipinski definition) is 0. The number of piperidine rings is 2. The molecule has 1 aromatic heterocycles. The Morgan fingerprint density at radius 2 is 1.56 bits per heavy atom. The van der Waals surface area contributed by atoms with Crippen LogP contribution in [-0.4, -0.2) is 46.9 Å². The van der Waals surface area contributed by atoms with E-state index < -0.39 is 0 Å². The molecule has 0 N–H and O–H groups in total. The molecule has 27 heavy (non-hydrogen) atoms. The maximum absolute atomic E-state index is 13.0. The average Bonchev–Trinajstić information content (AvgIpc) is 2.75. The van der Waals surface area contributed by atoms with Crippen molar-refractivity contribution in [1.29, 1.82) is 0 Å². The summed E-state index contributed by atoms with van der Waals surface area (Å²) >= 11 is 0. The van der Waals surface area contributed by atoms with Crippen LogP contribution in [0.3, 0.4) is 0 Å². The van der Waals surface area contributed by atoms with E-state index >= 15 is 0 Å². The first-order valence-corrected chi connectivity index (χ1v) is 10.2. The van der Waals surface area contributed by atoms with Crippen LogP contribution in [-0.2, 0) is 11.3 Å². The maximum atomic E-state index is 13.0. The van der Waals surface area contributed by atoms with Crippen LogP contribution >= 0.6 is 0 Å². The lowest BCUT2D eigenvalue weighted by molar-refractivity contribution is -0.138. The molecule has 2 aromatic rings. The third-order valence-electron chi connectivity index (χ3n) is 6.17. The number of hydrogen-bond acceptors (Lipinski definition) is 3. The Morgan fingerprint density at radius 3 is 2.22 bits per heavy atom. The van der Waals surface area contributed by atoms with Crippen LogP contribution in [0.1, 0.15) is 42.7 Å². The maximum Gasteiger partial charge on any atom is 0.225 e. The quantitative estimate of drug-likeness (QED) is 0.831. The van der Waals surface area contributed by atoms with E-state index in [2.05, 4.69) is 57.2 Å². The number of carbonyl (C=O) groups excluding carboxylic acids is 1. The second-order valence-electron chi connectivity index (χ2n) is 7.92. The Labute approximate surface area is 162 Å². The smallest absolute Gasteiger partial charge is 0.225 e. The minimum atomic E-state index is 0.215. The Bertz CT molecular complexity index is 718. The van der Waals surface area contributed by atoms with Gasteiger partial charge in [0.25, 0.3) is 0 Å². The average molecular weight is 364 g/mol. The molecule has 2 aliphatic rings. The number of rotatable bonds is 4. The Morgan fingerprint density at radius 1 is 0.889 bits per heavy atom. The molecule has 0 unspecified atom stereocenters. The second kappa shape index (κ2) is 8.66. The van der Waals surface area contributed by atoms with Crippen molar-refractivity contribution in [1.82, 2.24) is 14.8 Å². The second-order valence-corrected chi connectivity index (χ2v) is 7.92. The van der Waals surface area contributed by atoms with Crippen molar-refractivity contribution in [3.63, 3.8) is 0 Å². The van der Waals surface area contributed by atoms with Crippen molar-refractivity contribution in [2.75, 3.05) is 26.2 Å². The van der Waals surface area contributed by atoms with Crippen LogP contribution < -0.4 is 0 Å². The van der Waals surface area contributed by atoms with Gasteiger partial charge in [0.2, 0.25) is 5.91 Å². The number of likely N-dealkylation sites (tertiary alicyclic amines) is 2. The molecule has 4 heteroatoms. The monoisotopic (exact) mass is 363 g/mol. The van der Waals surface area contributed by atoms with Crippen LogP contribution in [0, 0.1) is 5.92 Å². The highest BCUT2D eigenvalue weighted by molar-refractivity contribution is 5.79. The molecule has 1 amide bonds. The van der Waals surface area contributed by atoms with Gasteiger partial charge < -0.3 is 4.90 Å². The Balaban J connectivity index is 1.24. The highest BCUT2D eigenvalue weighted by Gasteiger charge is 2.31. The third-order valence-corrected chi connectivity index (χ3v) is 6.17. The van der Waals surface area contributed by atoms with Crippen molar-refractivity contribution in [2.45, 2.75) is 38.1 Å². The molecule has 142 valence electrons. The van der Waals surface area contributed by atoms with Crippen LogP contribution in [0.25, 0.3) is 0 Å². The minimum absolute atomic E-state index is 0.215. The van der Waals surface area contributed by atoms with Gasteiger partial charge >= 0.3 is 0 Å². The predicted octanol–water partition coefficient (Wildman–Crippen LogP) is 3.70. The van der Waals surface area contributed by atoms with E-state index in [0.717, 1.165) is 58.4 Å². The molecule has 3 heterocycles. The minimum Gasteiger partial charge on any atom is -0.342 e. The zero-order chi connectivity index (χ0) is 18.5. The zero-order valence-electron chi connectivity index (χ0n) is 16.0. The highest BCUT2D eigenvalue weighted by atomic mass is 16.2. The number of nitrogens with zero attached hydrogens (tertiary/aromatic N) is 3. The SMILES string of the molecule is O=C(C1CCN(Cc2ccncc2)CC1)N1CCC(c2ccccc2)CC1. The van der Waals surface area contributed by atoms with Crippen LogP contribution in [0.5, 0.6) is 0 Å². The van der Waals surface area contributed by atoms with E-state index in [0.29, 0.717) is 11.8 Å². The zero-order valence-corrected chi connectivity index (χ0v) is 16.0. The Hall–Kier alpha value is -2.20. The van der Waals surface area contributed by atoms with Gasteiger partial charge in [-0.25, -0.2) is 0 Å². The van der Waals surface area contributed by atoms with Gasteiger partial charge in [0.05, 0.1) is 0 Å². The van der Waals surface area contributed by atoms with Gasteiger partial charge in [0, 0.05) is 37.9 Å². The highest BCUT2D eigenvalue weighted by Crippen LogP contribution is 2.29. The van der Waals surface area contributed by atoms with Crippen molar-refractivity contribution in [2.24, 2.45) is 5.92 Å². The first kappa shape index (κ1) is 18.2. The van der Waals surface area contributed by atoms with E-state index in [1.54, 1.807) is 0 Å². The third kappa shape index (κ3) is 4.56. The molecular weight excluding hydrogens is 334 g/mol. The van der Waals surface area contributed by atoms with Gasteiger partial charge in [-0.3, -0.25) is 14.7 Å². The molecule has 2 saturated heterocycles. The summed E-state index contributed by atoms with van der Waals surface area (Å²) in [4.78, 5) is 21.6. The van der Waals surface area contributed by atoms with Gasteiger partial charge in [-0.2, -0.15) is 0 Å². The lowest BCUT2D eigenvalue weighted by Crippen LogP contribution is -2.45. The standard InChI is InChI=1S/C23H29N3O/c27-23(26-16-10-21(11-17-26)20-4-2-1-3-5-20)22-8-14-25(15-9-22)18-19-6-12-24-13-7-19/h1-7,12-13,21-22H,8-11,14-18H2. The largest absolute Gasteiger partial charge is 0.342 e. The van der Waals surface area contributed by atoms with E-state index in [1.807, 2.05) is 12.4 Å². The van der Waals surface area contributed by atoms with Gasteiger partial charge in [-0.1, -0.05) is 30.3 Å². The summed E-state index contributed by atoms with van der Waals surface area (Å²) in [5, 5.41) is 0. The number of pyridine rings is 1. The Kier molecular flexibility index (Phi) is 5.83. The first-order valence-electron chi connectivity index (χ1n) is 10.2. The molecule has 0 aliphatic carbocycles. The van der Waals surface area contributed by atoms with Gasteiger partial charge in [0.1, 0.15) is 0 Å². The topological polar surface area (TPSA) is 36.4 Å². The fraction of sp³-hybridized carbons (Fsp3) is 0.478. The molecule has 2 fully saturated rings. The molecule has 1 aromatic carbocycles. The van der Waals surface area contributed by atoms with E-state index in [4.69, 9.17) is 0 Å². The van der Waals surface area contributed by atoms with Gasteiger partial charge in [0.15, 0.2) is 0 Å². The summed E-state index contributed by atoms with van der Waals surface area (Å²) in [5.74, 6) is 1.22. The molecule has 4 rings (SSSR count). The lowest BCUT2D eigenvalue weighted by Gasteiger charge is -2.37. The lowest BCUT2D eigenvalue weighted by atomic mass is 9.88. The summed E-state index contributed by atoms with van der Waals surface area (Å²) in [6.45, 7) is 4.82. The molecular formula is C23H29N3O. The van der Waals surface area contributed by atoms with E-state index in [-0.39, 0.29) is 5.92 Å². The summed E-state index contributed by atoms with van der Waals surface area (Å²) in [6, 6.07) is 14.9. The summed E-state index contributed by atoms with van der Waals surface area (Å²) in [5.41, 5.74) is 2.73. The van der Waals surface area contributed by atoms with Crippen molar-refractivity contribution >= 4 is 5.91 Å². The normalized spacial score (nSPS) is 19.9. The van der Waals surface area contributed by atoms with Crippen LogP contribution in [0.15, 0.2) is 54.9 Å². The summed E-state index contributed by atoms with van der Waals surface area (Å²) in [7, 11) is 0. The molecule has 0 spiro atoms. The summed E-state index contributed by atoms with van der Waals surface area (Å²) < 4.78 is 0. The molecule has 0 radical (unpaired) electrons. The van der Waals surface area contributed by atoms with Gasteiger partial charge in [-0.05, 0) is 68.0 Å². The molecule has 0 saturated carbocycles. The van der Waals surface area contributed by atoms with Crippen molar-refractivity contribution < 1.29 is 4.79 Å². The molecule has 2 aliphatic heterocycles. The fourth-order valence-corrected chi connectivity index (χ4v) is 4.50. The number of benzene rings is 1. The molecule has 4 nitrogen and oxygen atoms in total. The number of aromatic nitrogens is 1. The number of amides is 1. The predicted molar refractivity (Wildman–Crippen MR) is 107 cm³/mol. The summed E-state index contributed by atoms with van der Waals surface area (Å²) in [6.07, 6.45) is 7.87. The van der Waals surface area contributed by atoms with Crippen LogP contribution in [0.4, 0.5) is 0 Å². The molecule has 0 bridgehead atoms. The van der Waals surface area contributed by atoms with E-state index in [1.165, 1.54) is 11.1 Å². The fourth-order valence-electron chi connectivity index (χ4n) is 4.50.